The Bertz CT molecular complexity index is 1280. The molecule has 0 aliphatic heterocycles. The fourth-order valence-corrected chi connectivity index (χ4v) is 3.42. The molecular weight excluding hydrogens is 478 g/mol. The van der Waals surface area contributed by atoms with E-state index in [1.165, 1.54) is 6.20 Å². The van der Waals surface area contributed by atoms with Gasteiger partial charge in [0.1, 0.15) is 11.7 Å². The molecule has 194 valence electrons. The first-order valence-corrected chi connectivity index (χ1v) is 11.4. The lowest BCUT2D eigenvalue weighted by Gasteiger charge is -2.20. The number of nitrogen functional groups attached to an aromatic ring is 1. The molecule has 37 heavy (non-hydrogen) atoms. The van der Waals surface area contributed by atoms with Gasteiger partial charge in [-0.2, -0.15) is 0 Å². The number of amidine groups is 1. The quantitative estimate of drug-likeness (QED) is 0.159. The molecule has 3 aromatic rings. The van der Waals surface area contributed by atoms with Crippen molar-refractivity contribution in [3.05, 3.63) is 77.0 Å². The van der Waals surface area contributed by atoms with Crippen molar-refractivity contribution < 1.29 is 29.3 Å². The number of carboxylic acid groups (broad SMARTS) is 1. The first-order valence-electron chi connectivity index (χ1n) is 11.4. The van der Waals surface area contributed by atoms with E-state index in [0.717, 1.165) is 0 Å². The third kappa shape index (κ3) is 7.42. The molecule has 0 spiro atoms. The van der Waals surface area contributed by atoms with E-state index in [4.69, 9.17) is 25.7 Å². The molecule has 1 aromatic heterocycles. The molecular formula is C26H29N5O6. The molecule has 0 fully saturated rings. The van der Waals surface area contributed by atoms with Crippen molar-refractivity contribution in [2.75, 3.05) is 17.2 Å². The Morgan fingerprint density at radius 1 is 1.16 bits per heavy atom. The molecule has 0 saturated heterocycles. The zero-order valence-corrected chi connectivity index (χ0v) is 20.4. The largest absolute Gasteiger partial charge is 0.487 e. The monoisotopic (exact) mass is 507 g/mol. The van der Waals surface area contributed by atoms with E-state index >= 15 is 0 Å². The fourth-order valence-electron chi connectivity index (χ4n) is 3.42. The van der Waals surface area contributed by atoms with Crippen LogP contribution in [0.15, 0.2) is 54.7 Å². The normalized spacial score (nSPS) is 10.6. The summed E-state index contributed by atoms with van der Waals surface area (Å²) in [5, 5.41) is 32.2. The van der Waals surface area contributed by atoms with E-state index in [0.29, 0.717) is 28.1 Å². The average Bonchev–Trinajstić information content (AvgIpc) is 2.86. The second-order valence-electron chi connectivity index (χ2n) is 8.29. The molecule has 0 saturated carbocycles. The van der Waals surface area contributed by atoms with E-state index in [2.05, 4.69) is 15.6 Å². The van der Waals surface area contributed by atoms with E-state index in [9.17, 15) is 14.7 Å². The summed E-state index contributed by atoms with van der Waals surface area (Å²) in [7, 11) is 0. The second kappa shape index (κ2) is 12.4. The third-order valence-electron chi connectivity index (χ3n) is 5.03. The van der Waals surface area contributed by atoms with Gasteiger partial charge in [0, 0.05) is 29.6 Å². The summed E-state index contributed by atoms with van der Waals surface area (Å²) in [6, 6.07) is 13.0. The van der Waals surface area contributed by atoms with Crippen molar-refractivity contribution in [3.63, 3.8) is 0 Å². The SMILES string of the molecule is CC(C)Oc1cc(CO)cc(CNc2ncccc2C(=O)Nc2ccc(C(=N)N)cc2)c1OCC(=O)O. The Morgan fingerprint density at radius 2 is 1.89 bits per heavy atom. The molecule has 2 aromatic carbocycles. The van der Waals surface area contributed by atoms with Crippen LogP contribution in [0.5, 0.6) is 11.5 Å². The van der Waals surface area contributed by atoms with Gasteiger partial charge in [-0.05, 0) is 67.9 Å². The maximum Gasteiger partial charge on any atom is 0.341 e. The Balaban J connectivity index is 1.86. The maximum absolute atomic E-state index is 13.0. The van der Waals surface area contributed by atoms with Crippen LogP contribution in [0, 0.1) is 5.41 Å². The highest BCUT2D eigenvalue weighted by Gasteiger charge is 2.18. The molecule has 0 aliphatic carbocycles. The average molecular weight is 508 g/mol. The summed E-state index contributed by atoms with van der Waals surface area (Å²) < 4.78 is 11.3. The lowest BCUT2D eigenvalue weighted by molar-refractivity contribution is -0.139. The number of nitrogens with two attached hydrogens (primary N) is 1. The first kappa shape index (κ1) is 27.0. The molecule has 11 nitrogen and oxygen atoms in total. The van der Waals surface area contributed by atoms with Gasteiger partial charge in [-0.1, -0.05) is 0 Å². The lowest BCUT2D eigenvalue weighted by Crippen LogP contribution is -2.17. The number of carboxylic acids is 1. The molecule has 11 heteroatoms. The number of rotatable bonds is 12. The number of nitrogens with one attached hydrogen (secondary N) is 3. The number of benzene rings is 2. The van der Waals surface area contributed by atoms with E-state index in [1.807, 2.05) is 13.8 Å². The van der Waals surface area contributed by atoms with Crippen molar-refractivity contribution in [3.8, 4) is 11.5 Å². The van der Waals surface area contributed by atoms with E-state index < -0.39 is 18.5 Å². The number of carbonyl (C=O) groups is 2. The Kier molecular flexibility index (Phi) is 9.00. The van der Waals surface area contributed by atoms with Crippen LogP contribution in [0.4, 0.5) is 11.5 Å². The molecule has 0 radical (unpaired) electrons. The highest BCUT2D eigenvalue weighted by molar-refractivity contribution is 6.07. The van der Waals surface area contributed by atoms with Crippen molar-refractivity contribution in [2.24, 2.45) is 5.73 Å². The van der Waals surface area contributed by atoms with Crippen LogP contribution in [-0.2, 0) is 17.9 Å². The Hall–Kier alpha value is -4.64. The molecule has 7 N–H and O–H groups in total. The van der Waals surface area contributed by atoms with Gasteiger partial charge in [-0.3, -0.25) is 10.2 Å². The Labute approximate surface area is 213 Å². The fraction of sp³-hybridized carbons (Fsp3) is 0.231. The van der Waals surface area contributed by atoms with Crippen molar-refractivity contribution in [1.29, 1.82) is 5.41 Å². The molecule has 0 aliphatic rings. The number of hydrogen-bond donors (Lipinski definition) is 6. The summed E-state index contributed by atoms with van der Waals surface area (Å²) >= 11 is 0. The van der Waals surface area contributed by atoms with Crippen LogP contribution in [-0.4, -0.2) is 45.6 Å². The van der Waals surface area contributed by atoms with Crippen LogP contribution < -0.4 is 25.8 Å². The number of anilines is 2. The number of carbonyl (C=O) groups excluding carboxylic acids is 1. The third-order valence-corrected chi connectivity index (χ3v) is 5.03. The van der Waals surface area contributed by atoms with Crippen LogP contribution in [0.1, 0.15) is 40.9 Å². The molecule has 0 bridgehead atoms. The van der Waals surface area contributed by atoms with Gasteiger partial charge < -0.3 is 36.1 Å². The first-order chi connectivity index (χ1) is 17.7. The topological polar surface area (TPSA) is 180 Å². The highest BCUT2D eigenvalue weighted by Crippen LogP contribution is 2.35. The van der Waals surface area contributed by atoms with Crippen LogP contribution in [0.2, 0.25) is 0 Å². The minimum Gasteiger partial charge on any atom is -0.487 e. The zero-order valence-electron chi connectivity index (χ0n) is 20.4. The molecule has 0 unspecified atom stereocenters. The number of pyridine rings is 1. The molecule has 0 atom stereocenters. The maximum atomic E-state index is 13.0. The number of ether oxygens (including phenoxy) is 2. The number of nitrogens with zero attached hydrogens (tertiary/aromatic N) is 1. The van der Waals surface area contributed by atoms with E-state index in [-0.39, 0.29) is 42.2 Å². The molecule has 1 heterocycles. The number of hydrogen-bond acceptors (Lipinski definition) is 8. The highest BCUT2D eigenvalue weighted by atomic mass is 16.5. The second-order valence-corrected chi connectivity index (χ2v) is 8.29. The summed E-state index contributed by atoms with van der Waals surface area (Å²) in [5.41, 5.74) is 7.85. The zero-order chi connectivity index (χ0) is 26.9. The molecule has 3 rings (SSSR count). The summed E-state index contributed by atoms with van der Waals surface area (Å²) in [4.78, 5) is 28.4. The van der Waals surface area contributed by atoms with Crippen molar-refractivity contribution in [1.82, 2.24) is 4.98 Å². The summed E-state index contributed by atoms with van der Waals surface area (Å²) in [6.45, 7) is 2.88. The predicted molar refractivity (Wildman–Crippen MR) is 138 cm³/mol. The van der Waals surface area contributed by atoms with Crippen molar-refractivity contribution >= 4 is 29.2 Å². The van der Waals surface area contributed by atoms with Crippen LogP contribution >= 0.6 is 0 Å². The number of aliphatic carboxylic acids is 1. The standard InChI is InChI=1S/C26H29N5O6/c1-15(2)37-21-11-16(13-32)10-18(23(21)36-14-22(33)34)12-30-25-20(4-3-9-29-25)26(35)31-19-7-5-17(6-8-19)24(27)28/h3-11,15,32H,12-14H2,1-2H3,(H3,27,28)(H,29,30)(H,31,35)(H,33,34). The minimum absolute atomic E-state index is 0.0736. The van der Waals surface area contributed by atoms with Gasteiger partial charge in [0.2, 0.25) is 0 Å². The smallest absolute Gasteiger partial charge is 0.341 e. The Morgan fingerprint density at radius 3 is 2.51 bits per heavy atom. The van der Waals surface area contributed by atoms with Crippen LogP contribution in [0.3, 0.4) is 0 Å². The minimum atomic E-state index is -1.15. The molecule has 1 amide bonds. The summed E-state index contributed by atoms with van der Waals surface area (Å²) in [5.74, 6) is -0.844. The van der Waals surface area contributed by atoms with Crippen molar-refractivity contribution in [2.45, 2.75) is 33.1 Å². The predicted octanol–water partition coefficient (Wildman–Crippen LogP) is 2.97. The van der Waals surface area contributed by atoms with Gasteiger partial charge in [0.15, 0.2) is 18.1 Å². The van der Waals surface area contributed by atoms with Gasteiger partial charge in [0.05, 0.1) is 18.3 Å². The lowest BCUT2D eigenvalue weighted by atomic mass is 10.1. The van der Waals surface area contributed by atoms with E-state index in [1.54, 1.807) is 48.5 Å². The van der Waals surface area contributed by atoms with Crippen LogP contribution in [0.25, 0.3) is 0 Å². The summed E-state index contributed by atoms with van der Waals surface area (Å²) in [6.07, 6.45) is 1.30. The number of amides is 1. The number of aliphatic hydroxyl groups is 1. The number of aromatic nitrogens is 1. The van der Waals surface area contributed by atoms with Gasteiger partial charge >= 0.3 is 5.97 Å². The van der Waals surface area contributed by atoms with Gasteiger partial charge in [-0.25, -0.2) is 9.78 Å². The number of aliphatic hydroxyl groups excluding tert-OH is 1. The van der Waals surface area contributed by atoms with Gasteiger partial charge in [0.25, 0.3) is 5.91 Å². The van der Waals surface area contributed by atoms with Gasteiger partial charge in [-0.15, -0.1) is 0 Å².